The Balaban J connectivity index is 1.94. The van der Waals surface area contributed by atoms with Gasteiger partial charge in [0.2, 0.25) is 0 Å². The highest BCUT2D eigenvalue weighted by molar-refractivity contribution is 5.39. The molecule has 0 spiro atoms. The Morgan fingerprint density at radius 2 is 2.38 bits per heavy atom. The van der Waals surface area contributed by atoms with Crippen LogP contribution < -0.4 is 10.2 Å². The van der Waals surface area contributed by atoms with Gasteiger partial charge in [0.15, 0.2) is 0 Å². The first kappa shape index (κ1) is 11.4. The van der Waals surface area contributed by atoms with E-state index in [4.69, 9.17) is 0 Å². The molecule has 1 atom stereocenters. The second-order valence-electron chi connectivity index (χ2n) is 4.72. The standard InChI is InChI=1S/C13H21N3/c1-11-6-8-15-13(9-11)16(2)10-12-5-3-4-7-14-12/h6,8-9,12,14H,3-5,7,10H2,1-2H3/t12-/m1/s1. The largest absolute Gasteiger partial charge is 0.358 e. The Morgan fingerprint density at radius 3 is 3.06 bits per heavy atom. The van der Waals surface area contributed by atoms with E-state index < -0.39 is 0 Å². The molecule has 1 aliphatic rings. The smallest absolute Gasteiger partial charge is 0.128 e. The second-order valence-corrected chi connectivity index (χ2v) is 4.72. The first-order chi connectivity index (χ1) is 7.75. The highest BCUT2D eigenvalue weighted by atomic mass is 15.2. The Morgan fingerprint density at radius 1 is 1.50 bits per heavy atom. The second kappa shape index (κ2) is 5.30. The van der Waals surface area contributed by atoms with Crippen LogP contribution in [0.2, 0.25) is 0 Å². The van der Waals surface area contributed by atoms with Gasteiger partial charge in [-0.3, -0.25) is 0 Å². The van der Waals surface area contributed by atoms with Crippen molar-refractivity contribution in [1.29, 1.82) is 0 Å². The van der Waals surface area contributed by atoms with Crippen LogP contribution in [0.1, 0.15) is 24.8 Å². The number of hydrogen-bond donors (Lipinski definition) is 1. The van der Waals surface area contributed by atoms with Gasteiger partial charge in [0, 0.05) is 25.8 Å². The number of rotatable bonds is 3. The molecule has 0 amide bonds. The SMILES string of the molecule is Cc1ccnc(N(C)C[C@H]2CCCCN2)c1. The summed E-state index contributed by atoms with van der Waals surface area (Å²) in [5.41, 5.74) is 1.27. The topological polar surface area (TPSA) is 28.2 Å². The molecule has 2 heterocycles. The van der Waals surface area contributed by atoms with Crippen LogP contribution in [0.4, 0.5) is 5.82 Å². The molecule has 1 saturated heterocycles. The molecule has 1 N–H and O–H groups in total. The summed E-state index contributed by atoms with van der Waals surface area (Å²) >= 11 is 0. The van der Waals surface area contributed by atoms with E-state index in [1.165, 1.54) is 31.4 Å². The summed E-state index contributed by atoms with van der Waals surface area (Å²) in [6.07, 6.45) is 5.85. The highest BCUT2D eigenvalue weighted by Crippen LogP contribution is 2.13. The lowest BCUT2D eigenvalue weighted by atomic mass is 10.0. The van der Waals surface area contributed by atoms with Gasteiger partial charge in [-0.25, -0.2) is 4.98 Å². The number of aryl methyl sites for hydroxylation is 1. The van der Waals surface area contributed by atoms with Crippen molar-refractivity contribution in [1.82, 2.24) is 10.3 Å². The van der Waals surface area contributed by atoms with E-state index in [2.05, 4.69) is 35.2 Å². The number of nitrogens with zero attached hydrogens (tertiary/aromatic N) is 2. The highest BCUT2D eigenvalue weighted by Gasteiger charge is 2.15. The van der Waals surface area contributed by atoms with Crippen molar-refractivity contribution in [2.45, 2.75) is 32.2 Å². The molecule has 0 bridgehead atoms. The van der Waals surface area contributed by atoms with Crippen molar-refractivity contribution in [2.75, 3.05) is 25.0 Å². The van der Waals surface area contributed by atoms with Gasteiger partial charge in [-0.05, 0) is 44.0 Å². The van der Waals surface area contributed by atoms with Crippen molar-refractivity contribution < 1.29 is 0 Å². The Hall–Kier alpha value is -1.09. The first-order valence-corrected chi connectivity index (χ1v) is 6.13. The van der Waals surface area contributed by atoms with Crippen LogP contribution >= 0.6 is 0 Å². The van der Waals surface area contributed by atoms with Crippen molar-refractivity contribution >= 4 is 5.82 Å². The number of hydrogen-bond acceptors (Lipinski definition) is 3. The van der Waals surface area contributed by atoms with Crippen LogP contribution in [0.3, 0.4) is 0 Å². The lowest BCUT2D eigenvalue weighted by molar-refractivity contribution is 0.403. The fraction of sp³-hybridized carbons (Fsp3) is 0.615. The van der Waals surface area contributed by atoms with E-state index in [-0.39, 0.29) is 0 Å². The molecular formula is C13H21N3. The molecule has 1 aromatic rings. The van der Waals surface area contributed by atoms with Crippen molar-refractivity contribution in [3.63, 3.8) is 0 Å². The Kier molecular flexibility index (Phi) is 3.78. The number of nitrogens with one attached hydrogen (secondary N) is 1. The summed E-state index contributed by atoms with van der Waals surface area (Å²) in [6, 6.07) is 4.81. The molecule has 0 radical (unpaired) electrons. The van der Waals surface area contributed by atoms with E-state index >= 15 is 0 Å². The minimum absolute atomic E-state index is 0.626. The van der Waals surface area contributed by atoms with E-state index in [9.17, 15) is 0 Å². The van der Waals surface area contributed by atoms with E-state index in [0.29, 0.717) is 6.04 Å². The van der Waals surface area contributed by atoms with Gasteiger partial charge in [0.05, 0.1) is 0 Å². The summed E-state index contributed by atoms with van der Waals surface area (Å²) in [5.74, 6) is 1.08. The normalized spacial score (nSPS) is 20.8. The predicted molar refractivity (Wildman–Crippen MR) is 67.9 cm³/mol. The molecule has 88 valence electrons. The molecule has 1 aromatic heterocycles. The van der Waals surface area contributed by atoms with E-state index in [1.54, 1.807) is 0 Å². The molecular weight excluding hydrogens is 198 g/mol. The average Bonchev–Trinajstić information content (AvgIpc) is 2.30. The average molecular weight is 219 g/mol. The zero-order valence-electron chi connectivity index (χ0n) is 10.2. The minimum Gasteiger partial charge on any atom is -0.358 e. The van der Waals surface area contributed by atoms with Gasteiger partial charge >= 0.3 is 0 Å². The van der Waals surface area contributed by atoms with Crippen LogP contribution in [-0.4, -0.2) is 31.2 Å². The van der Waals surface area contributed by atoms with Gasteiger partial charge < -0.3 is 10.2 Å². The molecule has 1 fully saturated rings. The zero-order valence-corrected chi connectivity index (χ0v) is 10.2. The number of likely N-dealkylation sites (N-methyl/N-ethyl adjacent to an activating group) is 1. The lowest BCUT2D eigenvalue weighted by Crippen LogP contribution is -2.42. The summed E-state index contributed by atoms with van der Waals surface area (Å²) < 4.78 is 0. The summed E-state index contributed by atoms with van der Waals surface area (Å²) in [7, 11) is 2.12. The molecule has 16 heavy (non-hydrogen) atoms. The third kappa shape index (κ3) is 2.95. The Bertz CT molecular complexity index is 332. The molecule has 0 aliphatic carbocycles. The molecule has 3 nitrogen and oxygen atoms in total. The maximum atomic E-state index is 4.40. The summed E-state index contributed by atoms with van der Waals surface area (Å²) in [4.78, 5) is 6.65. The zero-order chi connectivity index (χ0) is 11.4. The molecule has 0 aromatic carbocycles. The van der Waals surface area contributed by atoms with Crippen LogP contribution in [-0.2, 0) is 0 Å². The monoisotopic (exact) mass is 219 g/mol. The van der Waals surface area contributed by atoms with Crippen LogP contribution in [0, 0.1) is 6.92 Å². The first-order valence-electron chi connectivity index (χ1n) is 6.13. The minimum atomic E-state index is 0.626. The van der Waals surface area contributed by atoms with Gasteiger partial charge in [0.1, 0.15) is 5.82 Å². The lowest BCUT2D eigenvalue weighted by Gasteiger charge is -2.28. The van der Waals surface area contributed by atoms with Crippen LogP contribution in [0.5, 0.6) is 0 Å². The molecule has 1 aliphatic heterocycles. The van der Waals surface area contributed by atoms with Crippen LogP contribution in [0.25, 0.3) is 0 Å². The maximum absolute atomic E-state index is 4.40. The summed E-state index contributed by atoms with van der Waals surface area (Å²) in [5, 5.41) is 3.56. The maximum Gasteiger partial charge on any atom is 0.128 e. The fourth-order valence-corrected chi connectivity index (χ4v) is 2.23. The number of anilines is 1. The number of aromatic nitrogens is 1. The van der Waals surface area contributed by atoms with Crippen molar-refractivity contribution in [2.24, 2.45) is 0 Å². The summed E-state index contributed by atoms with van der Waals surface area (Å²) in [6.45, 7) is 4.33. The molecule has 3 heteroatoms. The van der Waals surface area contributed by atoms with Gasteiger partial charge in [0.25, 0.3) is 0 Å². The third-order valence-corrected chi connectivity index (χ3v) is 3.20. The van der Waals surface area contributed by atoms with E-state index in [0.717, 1.165) is 12.4 Å². The fourth-order valence-electron chi connectivity index (χ4n) is 2.23. The number of piperidine rings is 1. The molecule has 0 unspecified atom stereocenters. The van der Waals surface area contributed by atoms with Crippen molar-refractivity contribution in [3.8, 4) is 0 Å². The van der Waals surface area contributed by atoms with Crippen LogP contribution in [0.15, 0.2) is 18.3 Å². The molecule has 2 rings (SSSR count). The Labute approximate surface area is 97.9 Å². The molecule has 0 saturated carbocycles. The van der Waals surface area contributed by atoms with Crippen molar-refractivity contribution in [3.05, 3.63) is 23.9 Å². The quantitative estimate of drug-likeness (QED) is 0.842. The number of pyridine rings is 1. The van der Waals surface area contributed by atoms with E-state index in [1.807, 2.05) is 12.3 Å². The van der Waals surface area contributed by atoms with Gasteiger partial charge in [-0.15, -0.1) is 0 Å². The predicted octanol–water partition coefficient (Wildman–Crippen LogP) is 1.97. The third-order valence-electron chi connectivity index (χ3n) is 3.20. The van der Waals surface area contributed by atoms with Gasteiger partial charge in [-0.2, -0.15) is 0 Å². The van der Waals surface area contributed by atoms with Gasteiger partial charge in [-0.1, -0.05) is 6.42 Å².